The van der Waals surface area contributed by atoms with Gasteiger partial charge in [-0.25, -0.2) is 23.9 Å². The van der Waals surface area contributed by atoms with Crippen LogP contribution in [0.2, 0.25) is 10.4 Å². The average molecular weight is 547 g/mol. The van der Waals surface area contributed by atoms with Gasteiger partial charge in [-0.05, 0) is 35.9 Å². The lowest BCUT2D eigenvalue weighted by Crippen LogP contribution is -2.46. The van der Waals surface area contributed by atoms with Crippen molar-refractivity contribution in [3.8, 4) is 0 Å². The van der Waals surface area contributed by atoms with Gasteiger partial charge in [0.25, 0.3) is 5.85 Å². The molecule has 4 aromatic rings. The molecule has 0 spiro atoms. The van der Waals surface area contributed by atoms with Gasteiger partial charge >= 0.3 is 11.9 Å². The number of halogens is 3. The van der Waals surface area contributed by atoms with E-state index in [2.05, 4.69) is 15.0 Å². The van der Waals surface area contributed by atoms with Crippen LogP contribution in [0.5, 0.6) is 0 Å². The summed E-state index contributed by atoms with van der Waals surface area (Å²) in [6, 6.07) is 15.9. The number of hydrogen-bond acceptors (Lipinski definition) is 9. The Labute approximate surface area is 218 Å². The van der Waals surface area contributed by atoms with Gasteiger partial charge in [-0.1, -0.05) is 48.0 Å². The van der Waals surface area contributed by atoms with Crippen LogP contribution in [0.25, 0.3) is 11.2 Å². The summed E-state index contributed by atoms with van der Waals surface area (Å²) in [6.45, 7) is -0.549. The summed E-state index contributed by atoms with van der Waals surface area (Å²) in [5.41, 5.74) is 0.386. The van der Waals surface area contributed by atoms with Crippen LogP contribution in [0, 0.1) is 0 Å². The molecule has 0 bridgehead atoms. The lowest BCUT2D eigenvalue weighted by Gasteiger charge is -2.26. The lowest BCUT2D eigenvalue weighted by atomic mass is 10.1. The van der Waals surface area contributed by atoms with Crippen LogP contribution in [-0.4, -0.2) is 61.2 Å². The van der Waals surface area contributed by atoms with Crippen LogP contribution in [0.15, 0.2) is 67.0 Å². The number of esters is 2. The maximum Gasteiger partial charge on any atom is 0.338 e. The summed E-state index contributed by atoms with van der Waals surface area (Å²) in [7, 11) is 0. The highest BCUT2D eigenvalue weighted by atomic mass is 35.5. The van der Waals surface area contributed by atoms with Gasteiger partial charge in [0.1, 0.15) is 18.2 Å². The Kier molecular flexibility index (Phi) is 6.78. The van der Waals surface area contributed by atoms with E-state index in [4.69, 9.17) is 37.4 Å². The average Bonchev–Trinajstić information content (AvgIpc) is 3.41. The molecular formula is C24H17Cl2FN4O6. The number of carbonyl (C=O) groups excluding carboxylic acids is 2. The van der Waals surface area contributed by atoms with E-state index in [9.17, 15) is 14.7 Å². The van der Waals surface area contributed by atoms with Gasteiger partial charge in [-0.2, -0.15) is 4.98 Å². The molecule has 0 saturated carbocycles. The minimum Gasteiger partial charge on any atom is -0.459 e. The quantitative estimate of drug-likeness (QED) is 0.218. The topological polar surface area (TPSA) is 126 Å². The van der Waals surface area contributed by atoms with Crippen LogP contribution in [-0.2, 0) is 14.2 Å². The highest BCUT2D eigenvalue weighted by Crippen LogP contribution is 2.43. The van der Waals surface area contributed by atoms with Crippen molar-refractivity contribution in [2.75, 3.05) is 6.61 Å². The first kappa shape index (κ1) is 25.0. The number of fused-ring (bicyclic) bond motifs is 1. The monoisotopic (exact) mass is 546 g/mol. The minimum atomic E-state index is -3.31. The summed E-state index contributed by atoms with van der Waals surface area (Å²) in [5.74, 6) is -4.96. The molecule has 190 valence electrons. The smallest absolute Gasteiger partial charge is 0.338 e. The Hall–Kier alpha value is -3.64. The Balaban J connectivity index is 1.47. The number of alkyl halides is 1. The van der Waals surface area contributed by atoms with Crippen LogP contribution in [0.3, 0.4) is 0 Å². The second-order valence-electron chi connectivity index (χ2n) is 8.02. The molecule has 3 heterocycles. The lowest BCUT2D eigenvalue weighted by molar-refractivity contribution is -0.195. The third kappa shape index (κ3) is 4.86. The maximum absolute atomic E-state index is 16.1. The first-order chi connectivity index (χ1) is 17.8. The predicted molar refractivity (Wildman–Crippen MR) is 128 cm³/mol. The molecule has 5 rings (SSSR count). The molecule has 1 N–H and O–H groups in total. The zero-order chi connectivity index (χ0) is 26.2. The summed E-state index contributed by atoms with van der Waals surface area (Å²) < 4.78 is 33.5. The predicted octanol–water partition coefficient (Wildman–Crippen LogP) is 3.77. The third-order valence-electron chi connectivity index (χ3n) is 5.62. The zero-order valence-corrected chi connectivity index (χ0v) is 20.2. The number of carbonyl (C=O) groups is 2. The minimum absolute atomic E-state index is 0.0406. The molecule has 1 saturated heterocycles. The van der Waals surface area contributed by atoms with Crippen molar-refractivity contribution >= 4 is 46.3 Å². The fourth-order valence-corrected chi connectivity index (χ4v) is 4.30. The number of ether oxygens (including phenoxy) is 3. The molecule has 37 heavy (non-hydrogen) atoms. The molecule has 1 aliphatic rings. The van der Waals surface area contributed by atoms with E-state index in [0.717, 1.165) is 10.9 Å². The fourth-order valence-electron chi connectivity index (χ4n) is 3.88. The molecule has 10 nitrogen and oxygen atoms in total. The van der Waals surface area contributed by atoms with Gasteiger partial charge in [-0.3, -0.25) is 4.57 Å². The summed E-state index contributed by atoms with van der Waals surface area (Å²) in [6.07, 6.45) is -4.02. The molecule has 1 fully saturated rings. The van der Waals surface area contributed by atoms with Gasteiger partial charge < -0.3 is 19.3 Å². The highest BCUT2D eigenvalue weighted by Gasteiger charge is 2.61. The second-order valence-corrected chi connectivity index (χ2v) is 8.71. The summed E-state index contributed by atoms with van der Waals surface area (Å²) in [4.78, 5) is 37.0. The number of aromatic nitrogens is 4. The number of hydrogen-bond donors (Lipinski definition) is 1. The first-order valence-electron chi connectivity index (χ1n) is 10.9. The Morgan fingerprint density at radius 3 is 2.30 bits per heavy atom. The van der Waals surface area contributed by atoms with E-state index in [0.29, 0.717) is 0 Å². The van der Waals surface area contributed by atoms with Crippen molar-refractivity contribution in [1.82, 2.24) is 19.5 Å². The van der Waals surface area contributed by atoms with Crippen LogP contribution in [0.4, 0.5) is 4.39 Å². The van der Waals surface area contributed by atoms with Crippen molar-refractivity contribution in [2.24, 2.45) is 0 Å². The number of rotatable bonds is 6. The molecule has 1 aliphatic heterocycles. The van der Waals surface area contributed by atoms with E-state index < -0.39 is 42.8 Å². The van der Waals surface area contributed by atoms with E-state index in [1.807, 2.05) is 0 Å². The number of imidazole rings is 1. The van der Waals surface area contributed by atoms with Crippen molar-refractivity contribution < 1.29 is 33.3 Å². The third-order valence-corrected chi connectivity index (χ3v) is 6.06. The second kappa shape index (κ2) is 10.0. The van der Waals surface area contributed by atoms with Gasteiger partial charge in [0, 0.05) is 0 Å². The van der Waals surface area contributed by atoms with Crippen LogP contribution >= 0.6 is 23.2 Å². The zero-order valence-electron chi connectivity index (χ0n) is 18.7. The molecule has 0 amide bonds. The van der Waals surface area contributed by atoms with E-state index >= 15 is 4.39 Å². The van der Waals surface area contributed by atoms with Gasteiger partial charge in [0.2, 0.25) is 5.28 Å². The highest BCUT2D eigenvalue weighted by molar-refractivity contribution is 6.35. The Morgan fingerprint density at radius 1 is 1.03 bits per heavy atom. The standard InChI is InChI=1S/C24H17Cl2FN4O6/c25-18-16-19(30-23(26)29-18)31(12-28-16)22-24(27,34)17(37-21(33)14-9-5-2-6-10-14)15(36-22)11-35-20(32)13-7-3-1-4-8-13/h1-10,12,15,17,22,34H,11H2/t15-,17-,22-,24+/m1/s1. The molecular weight excluding hydrogens is 530 g/mol. The fraction of sp³-hybridized carbons (Fsp3) is 0.208. The van der Waals surface area contributed by atoms with E-state index in [-0.39, 0.29) is 32.7 Å². The van der Waals surface area contributed by atoms with Crippen molar-refractivity contribution in [2.45, 2.75) is 24.3 Å². The van der Waals surface area contributed by atoms with E-state index in [1.165, 1.54) is 24.3 Å². The Bertz CT molecular complexity index is 1450. The van der Waals surface area contributed by atoms with Crippen molar-refractivity contribution in [1.29, 1.82) is 0 Å². The Morgan fingerprint density at radius 2 is 1.65 bits per heavy atom. The summed E-state index contributed by atoms with van der Waals surface area (Å²) in [5, 5.41) is 10.6. The van der Waals surface area contributed by atoms with Gasteiger partial charge in [0.05, 0.1) is 17.5 Å². The maximum atomic E-state index is 16.1. The van der Waals surface area contributed by atoms with Crippen LogP contribution in [0.1, 0.15) is 26.9 Å². The van der Waals surface area contributed by atoms with Crippen LogP contribution < -0.4 is 0 Å². The van der Waals surface area contributed by atoms with Crippen molar-refractivity contribution in [3.63, 3.8) is 0 Å². The largest absolute Gasteiger partial charge is 0.459 e. The van der Waals surface area contributed by atoms with Crippen molar-refractivity contribution in [3.05, 3.63) is 88.6 Å². The normalized spacial score (nSPS) is 23.2. The van der Waals surface area contributed by atoms with Gasteiger partial charge in [0.15, 0.2) is 23.1 Å². The summed E-state index contributed by atoms with van der Waals surface area (Å²) >= 11 is 12.0. The number of aliphatic hydroxyl groups is 1. The van der Waals surface area contributed by atoms with Gasteiger partial charge in [-0.15, -0.1) is 0 Å². The molecule has 2 aromatic heterocycles. The molecule has 2 aromatic carbocycles. The molecule has 4 atom stereocenters. The molecule has 0 unspecified atom stereocenters. The molecule has 0 radical (unpaired) electrons. The number of nitrogens with zero attached hydrogens (tertiary/aromatic N) is 4. The van der Waals surface area contributed by atoms with E-state index in [1.54, 1.807) is 36.4 Å². The molecule has 0 aliphatic carbocycles. The molecule has 13 heteroatoms. The SMILES string of the molecule is O=C(OC[C@H]1O[C@@H](n2cnc3c(Cl)nc(Cl)nc32)[C@](O)(F)[C@@H]1OC(=O)c1ccccc1)c1ccccc1. The first-order valence-corrected chi connectivity index (χ1v) is 11.6. The number of benzene rings is 2.